The van der Waals surface area contributed by atoms with Gasteiger partial charge in [0.1, 0.15) is 0 Å². The van der Waals surface area contributed by atoms with E-state index in [2.05, 4.69) is 24.1 Å². The average molecular weight is 310 g/mol. The number of benzene rings is 1. The minimum absolute atomic E-state index is 0.105. The van der Waals surface area contributed by atoms with Gasteiger partial charge in [0.05, 0.1) is 11.4 Å². The van der Waals surface area contributed by atoms with E-state index < -0.39 is 0 Å². The lowest BCUT2D eigenvalue weighted by Gasteiger charge is -2.33. The summed E-state index contributed by atoms with van der Waals surface area (Å²) < 4.78 is 0. The number of fused-ring (bicyclic) bond motifs is 1. The number of hydrazine groups is 1. The van der Waals surface area contributed by atoms with Gasteiger partial charge < -0.3 is 15.6 Å². The molecule has 2 rings (SSSR count). The summed E-state index contributed by atoms with van der Waals surface area (Å²) in [5.41, 5.74) is 12.0. The van der Waals surface area contributed by atoms with Gasteiger partial charge in [0, 0.05) is 36.5 Å². The standard InChI is InChI=1S/C19H26N4/c1-6-14-12-22(5)17-11-9-8-10-16(17)18(20)19(15(14)7-2)23(21)13(3)4/h6-11,13H,1-2,12,20-21H2,3-5H3/b15-14-,19-18-. The van der Waals surface area contributed by atoms with Crippen LogP contribution in [0, 0.1) is 0 Å². The fourth-order valence-corrected chi connectivity index (χ4v) is 2.82. The van der Waals surface area contributed by atoms with Crippen molar-refractivity contribution in [2.24, 2.45) is 11.6 Å². The Kier molecular flexibility index (Phi) is 4.96. The predicted molar refractivity (Wildman–Crippen MR) is 99.4 cm³/mol. The second-order valence-electron chi connectivity index (χ2n) is 5.98. The molecule has 1 aliphatic rings. The van der Waals surface area contributed by atoms with Gasteiger partial charge in [-0.2, -0.15) is 0 Å². The van der Waals surface area contributed by atoms with Crippen LogP contribution >= 0.6 is 0 Å². The van der Waals surface area contributed by atoms with E-state index in [4.69, 9.17) is 11.6 Å². The van der Waals surface area contributed by atoms with E-state index in [0.717, 1.165) is 28.1 Å². The molecule has 0 saturated heterocycles. The second kappa shape index (κ2) is 6.75. The van der Waals surface area contributed by atoms with Gasteiger partial charge >= 0.3 is 0 Å². The summed E-state index contributed by atoms with van der Waals surface area (Å²) in [6, 6.07) is 8.19. The molecule has 4 heteroatoms. The summed E-state index contributed by atoms with van der Waals surface area (Å²) in [5, 5.41) is 1.71. The third kappa shape index (κ3) is 3.03. The Morgan fingerprint density at radius 2 is 1.87 bits per heavy atom. The van der Waals surface area contributed by atoms with E-state index in [0.29, 0.717) is 12.2 Å². The molecule has 1 heterocycles. The van der Waals surface area contributed by atoms with E-state index in [1.165, 1.54) is 0 Å². The van der Waals surface area contributed by atoms with Crippen molar-refractivity contribution in [2.75, 3.05) is 18.5 Å². The number of rotatable bonds is 4. The van der Waals surface area contributed by atoms with Crippen molar-refractivity contribution in [1.82, 2.24) is 5.01 Å². The molecule has 0 bridgehead atoms. The number of para-hydroxylation sites is 1. The third-order valence-electron chi connectivity index (χ3n) is 4.13. The van der Waals surface area contributed by atoms with Crippen LogP contribution in [-0.4, -0.2) is 24.6 Å². The lowest BCUT2D eigenvalue weighted by molar-refractivity contribution is 0.301. The Morgan fingerprint density at radius 3 is 2.43 bits per heavy atom. The molecule has 1 aromatic rings. The zero-order valence-electron chi connectivity index (χ0n) is 14.2. The van der Waals surface area contributed by atoms with Gasteiger partial charge in [0.15, 0.2) is 0 Å². The van der Waals surface area contributed by atoms with Gasteiger partial charge in [-0.05, 0) is 25.5 Å². The maximum absolute atomic E-state index is 6.56. The van der Waals surface area contributed by atoms with Gasteiger partial charge in [-0.1, -0.05) is 43.5 Å². The summed E-state index contributed by atoms with van der Waals surface area (Å²) in [5.74, 6) is 6.34. The smallest absolute Gasteiger partial charge is 0.0832 e. The highest BCUT2D eigenvalue weighted by atomic mass is 15.4. The van der Waals surface area contributed by atoms with E-state index >= 15 is 0 Å². The minimum Gasteiger partial charge on any atom is -0.396 e. The summed E-state index contributed by atoms with van der Waals surface area (Å²) in [7, 11) is 2.05. The Bertz CT molecular complexity index is 682. The first kappa shape index (κ1) is 16.9. The SMILES string of the molecule is C=C/C1=C(C=C)/C(N(N)C(C)C)=C(/N)c2ccccc2N(C)C1. The Morgan fingerprint density at radius 1 is 1.22 bits per heavy atom. The first-order valence-electron chi connectivity index (χ1n) is 7.75. The Hall–Kier alpha value is -2.46. The number of likely N-dealkylation sites (N-methyl/N-ethyl adjacent to an activating group) is 1. The highest BCUT2D eigenvalue weighted by Gasteiger charge is 2.24. The molecule has 1 aromatic carbocycles. The summed E-state index contributed by atoms with van der Waals surface area (Å²) in [4.78, 5) is 2.16. The molecular formula is C19H26N4. The van der Waals surface area contributed by atoms with Crippen molar-refractivity contribution in [1.29, 1.82) is 0 Å². The van der Waals surface area contributed by atoms with Crippen molar-refractivity contribution >= 4 is 11.4 Å². The molecule has 0 saturated carbocycles. The molecule has 1 aliphatic heterocycles. The third-order valence-corrected chi connectivity index (χ3v) is 4.13. The summed E-state index contributed by atoms with van der Waals surface area (Å²) in [6.45, 7) is 12.7. The zero-order chi connectivity index (χ0) is 17.1. The lowest BCUT2D eigenvalue weighted by Crippen LogP contribution is -2.39. The quantitative estimate of drug-likeness (QED) is 0.663. The van der Waals surface area contributed by atoms with Crippen LogP contribution in [0.25, 0.3) is 5.70 Å². The molecule has 0 atom stereocenters. The van der Waals surface area contributed by atoms with Crippen molar-refractivity contribution in [3.63, 3.8) is 0 Å². The number of nitrogens with zero attached hydrogens (tertiary/aromatic N) is 2. The van der Waals surface area contributed by atoms with E-state index in [1.807, 2.05) is 51.2 Å². The van der Waals surface area contributed by atoms with Crippen LogP contribution < -0.4 is 16.5 Å². The molecule has 4 N–H and O–H groups in total. The fraction of sp³-hybridized carbons (Fsp3) is 0.263. The van der Waals surface area contributed by atoms with Gasteiger partial charge in [-0.3, -0.25) is 0 Å². The monoisotopic (exact) mass is 310 g/mol. The largest absolute Gasteiger partial charge is 0.396 e. The van der Waals surface area contributed by atoms with E-state index in [1.54, 1.807) is 5.01 Å². The molecule has 0 spiro atoms. The first-order valence-corrected chi connectivity index (χ1v) is 7.75. The first-order chi connectivity index (χ1) is 10.9. The molecule has 0 fully saturated rings. The molecule has 122 valence electrons. The highest BCUT2D eigenvalue weighted by molar-refractivity contribution is 5.81. The Labute approximate surface area is 139 Å². The van der Waals surface area contributed by atoms with Crippen LogP contribution in [0.1, 0.15) is 19.4 Å². The molecular weight excluding hydrogens is 284 g/mol. The fourth-order valence-electron chi connectivity index (χ4n) is 2.82. The second-order valence-corrected chi connectivity index (χ2v) is 5.98. The van der Waals surface area contributed by atoms with E-state index in [9.17, 15) is 0 Å². The van der Waals surface area contributed by atoms with Crippen LogP contribution in [-0.2, 0) is 0 Å². The van der Waals surface area contributed by atoms with Gasteiger partial charge in [0.2, 0.25) is 0 Å². The van der Waals surface area contributed by atoms with Gasteiger partial charge in [-0.15, -0.1) is 0 Å². The summed E-state index contributed by atoms with van der Waals surface area (Å²) >= 11 is 0. The number of allylic oxidation sites excluding steroid dienone is 1. The molecule has 4 nitrogen and oxygen atoms in total. The van der Waals surface area contributed by atoms with Crippen LogP contribution in [0.3, 0.4) is 0 Å². The van der Waals surface area contributed by atoms with Crippen molar-refractivity contribution in [2.45, 2.75) is 19.9 Å². The highest BCUT2D eigenvalue weighted by Crippen LogP contribution is 2.34. The normalized spacial score (nSPS) is 21.5. The molecule has 0 aliphatic carbocycles. The topological polar surface area (TPSA) is 58.5 Å². The molecule has 0 amide bonds. The molecule has 0 unspecified atom stereocenters. The zero-order valence-corrected chi connectivity index (χ0v) is 14.2. The average Bonchev–Trinajstić information content (AvgIpc) is 2.55. The maximum Gasteiger partial charge on any atom is 0.0832 e. The number of anilines is 1. The Balaban J connectivity index is 2.85. The summed E-state index contributed by atoms with van der Waals surface area (Å²) in [6.07, 6.45) is 3.66. The molecule has 0 aromatic heterocycles. The maximum atomic E-state index is 6.56. The van der Waals surface area contributed by atoms with Crippen LogP contribution in [0.4, 0.5) is 5.69 Å². The van der Waals surface area contributed by atoms with E-state index in [-0.39, 0.29) is 6.04 Å². The van der Waals surface area contributed by atoms with Gasteiger partial charge in [0.25, 0.3) is 0 Å². The lowest BCUT2D eigenvalue weighted by atomic mass is 9.95. The molecule has 0 radical (unpaired) electrons. The minimum atomic E-state index is 0.105. The van der Waals surface area contributed by atoms with Crippen molar-refractivity contribution in [3.8, 4) is 0 Å². The number of hydrogen-bond donors (Lipinski definition) is 2. The van der Waals surface area contributed by atoms with Crippen molar-refractivity contribution < 1.29 is 0 Å². The molecule has 23 heavy (non-hydrogen) atoms. The van der Waals surface area contributed by atoms with Crippen LogP contribution in [0.15, 0.2) is 66.4 Å². The predicted octanol–water partition coefficient (Wildman–Crippen LogP) is 3.02. The number of nitrogens with two attached hydrogens (primary N) is 2. The van der Waals surface area contributed by atoms with Crippen LogP contribution in [0.2, 0.25) is 0 Å². The number of hydrogen-bond acceptors (Lipinski definition) is 4. The van der Waals surface area contributed by atoms with Crippen LogP contribution in [0.5, 0.6) is 0 Å². The van der Waals surface area contributed by atoms with Gasteiger partial charge in [-0.25, -0.2) is 5.84 Å². The van der Waals surface area contributed by atoms with Crippen molar-refractivity contribution in [3.05, 3.63) is 72.0 Å².